The first-order chi connectivity index (χ1) is 6.66. The molecule has 15 heavy (non-hydrogen) atoms. The topological polar surface area (TPSA) is 57.2 Å². The summed E-state index contributed by atoms with van der Waals surface area (Å²) in [6.45, 7) is 2.14. The van der Waals surface area contributed by atoms with E-state index in [0.717, 1.165) is 12.8 Å². The predicted octanol–water partition coefficient (Wildman–Crippen LogP) is -1.55. The van der Waals surface area contributed by atoms with E-state index in [1.807, 2.05) is 0 Å². The van der Waals surface area contributed by atoms with Gasteiger partial charge in [-0.25, -0.2) is 0 Å². The normalized spacial score (nSPS) is 9.40. The van der Waals surface area contributed by atoms with E-state index in [0.29, 0.717) is 6.42 Å². The molecule has 0 saturated carbocycles. The van der Waals surface area contributed by atoms with Crippen molar-refractivity contribution in [3.8, 4) is 0 Å². The Hall–Kier alpha value is 0.140. The minimum atomic E-state index is -1.13. The van der Waals surface area contributed by atoms with Crippen LogP contribution in [0.15, 0.2) is 0 Å². The van der Waals surface area contributed by atoms with E-state index in [9.17, 15) is 14.7 Å². The summed E-state index contributed by atoms with van der Waals surface area (Å²) < 4.78 is 0. The van der Waals surface area contributed by atoms with E-state index >= 15 is 0 Å². The largest absolute Gasteiger partial charge is 1.00 e. The monoisotopic (exact) mass is 222 g/mol. The molecule has 0 saturated heterocycles. The van der Waals surface area contributed by atoms with Crippen molar-refractivity contribution in [2.75, 3.05) is 0 Å². The number of unbranched alkanes of at least 4 members (excludes halogenated alkanes) is 4. The average Bonchev–Trinajstić information content (AvgIpc) is 2.14. The SMILES string of the molecule is CCCCCCCC(=O)CCC(=O)[O-].[Na+]. The van der Waals surface area contributed by atoms with Crippen molar-refractivity contribution in [3.05, 3.63) is 0 Å². The fraction of sp³-hybridized carbons (Fsp3) is 0.818. The molecule has 0 rings (SSSR count). The Kier molecular flexibility index (Phi) is 14.3. The van der Waals surface area contributed by atoms with Gasteiger partial charge in [-0.15, -0.1) is 0 Å². The molecule has 0 aromatic heterocycles. The maximum Gasteiger partial charge on any atom is 1.00 e. The van der Waals surface area contributed by atoms with Gasteiger partial charge in [-0.1, -0.05) is 32.6 Å². The van der Waals surface area contributed by atoms with Gasteiger partial charge in [0.25, 0.3) is 0 Å². The molecule has 0 aliphatic rings. The second-order valence-corrected chi connectivity index (χ2v) is 3.57. The number of aliphatic carboxylic acids is 1. The van der Waals surface area contributed by atoms with Crippen LogP contribution in [0.4, 0.5) is 0 Å². The van der Waals surface area contributed by atoms with Crippen LogP contribution in [-0.4, -0.2) is 11.8 Å². The number of hydrogen-bond acceptors (Lipinski definition) is 3. The molecule has 0 N–H and O–H groups in total. The number of rotatable bonds is 9. The summed E-state index contributed by atoms with van der Waals surface area (Å²) in [5.41, 5.74) is 0. The van der Waals surface area contributed by atoms with Crippen LogP contribution in [0.5, 0.6) is 0 Å². The number of carboxylic acid groups (broad SMARTS) is 1. The zero-order valence-electron chi connectivity index (χ0n) is 9.88. The van der Waals surface area contributed by atoms with Gasteiger partial charge in [0.1, 0.15) is 5.78 Å². The van der Waals surface area contributed by atoms with Crippen molar-refractivity contribution in [1.82, 2.24) is 0 Å². The Morgan fingerprint density at radius 1 is 0.933 bits per heavy atom. The fourth-order valence-corrected chi connectivity index (χ4v) is 1.29. The molecule has 0 atom stereocenters. The second kappa shape index (κ2) is 12.2. The van der Waals surface area contributed by atoms with Crippen LogP contribution >= 0.6 is 0 Å². The molecule has 0 aromatic rings. The number of carbonyl (C=O) groups is 2. The summed E-state index contributed by atoms with van der Waals surface area (Å²) in [7, 11) is 0. The third kappa shape index (κ3) is 14.1. The van der Waals surface area contributed by atoms with Gasteiger partial charge in [0, 0.05) is 18.8 Å². The third-order valence-electron chi connectivity index (χ3n) is 2.17. The molecule has 0 amide bonds. The summed E-state index contributed by atoms with van der Waals surface area (Å²) in [6.07, 6.45) is 6.08. The Morgan fingerprint density at radius 2 is 1.53 bits per heavy atom. The van der Waals surface area contributed by atoms with Crippen LogP contribution in [-0.2, 0) is 9.59 Å². The minimum absolute atomic E-state index is 0. The first kappa shape index (κ1) is 17.5. The van der Waals surface area contributed by atoms with E-state index in [2.05, 4.69) is 6.92 Å². The molecule has 0 radical (unpaired) electrons. The average molecular weight is 222 g/mol. The Labute approximate surface area is 114 Å². The molecule has 0 unspecified atom stereocenters. The summed E-state index contributed by atoms with van der Waals surface area (Å²) in [5.74, 6) is -1.09. The van der Waals surface area contributed by atoms with Crippen LogP contribution in [0.2, 0.25) is 0 Å². The number of carbonyl (C=O) groups excluding carboxylic acids is 2. The van der Waals surface area contributed by atoms with Crippen molar-refractivity contribution in [2.24, 2.45) is 0 Å². The van der Waals surface area contributed by atoms with Crippen molar-refractivity contribution in [2.45, 2.75) is 58.3 Å². The summed E-state index contributed by atoms with van der Waals surface area (Å²) in [6, 6.07) is 0. The summed E-state index contributed by atoms with van der Waals surface area (Å²) in [4.78, 5) is 21.1. The van der Waals surface area contributed by atoms with E-state index in [4.69, 9.17) is 0 Å². The smallest absolute Gasteiger partial charge is 0.550 e. The van der Waals surface area contributed by atoms with Crippen molar-refractivity contribution in [1.29, 1.82) is 0 Å². The van der Waals surface area contributed by atoms with Gasteiger partial charge in [-0.3, -0.25) is 4.79 Å². The van der Waals surface area contributed by atoms with Gasteiger partial charge in [0.05, 0.1) is 0 Å². The van der Waals surface area contributed by atoms with Gasteiger partial charge >= 0.3 is 29.6 Å². The molecule has 0 bridgehead atoms. The maximum atomic E-state index is 11.1. The van der Waals surface area contributed by atoms with Gasteiger partial charge in [-0.2, -0.15) is 0 Å². The van der Waals surface area contributed by atoms with Gasteiger partial charge in [-0.05, 0) is 12.8 Å². The molecule has 3 nitrogen and oxygen atoms in total. The van der Waals surface area contributed by atoms with Crippen molar-refractivity contribution in [3.63, 3.8) is 0 Å². The summed E-state index contributed by atoms with van der Waals surface area (Å²) in [5, 5.41) is 10.1. The molecule has 4 heteroatoms. The first-order valence-corrected chi connectivity index (χ1v) is 5.38. The summed E-state index contributed by atoms with van der Waals surface area (Å²) >= 11 is 0. The molecule has 0 aliphatic heterocycles. The third-order valence-corrected chi connectivity index (χ3v) is 2.17. The van der Waals surface area contributed by atoms with Crippen LogP contribution in [0.25, 0.3) is 0 Å². The van der Waals surface area contributed by atoms with Gasteiger partial charge in [0.15, 0.2) is 0 Å². The van der Waals surface area contributed by atoms with Gasteiger partial charge < -0.3 is 9.90 Å². The first-order valence-electron chi connectivity index (χ1n) is 5.38. The number of hydrogen-bond donors (Lipinski definition) is 0. The molecular formula is C11H19NaO3. The van der Waals surface area contributed by atoms with Crippen molar-refractivity contribution >= 4 is 11.8 Å². The van der Waals surface area contributed by atoms with E-state index in [-0.39, 0.29) is 48.2 Å². The molecule has 0 heterocycles. The molecule has 0 spiro atoms. The Bertz CT molecular complexity index is 181. The molecule has 0 aromatic carbocycles. The van der Waals surface area contributed by atoms with Crippen LogP contribution in [0, 0.1) is 0 Å². The molecular weight excluding hydrogens is 203 g/mol. The van der Waals surface area contributed by atoms with Crippen LogP contribution < -0.4 is 34.7 Å². The molecule has 0 fully saturated rings. The van der Waals surface area contributed by atoms with Crippen molar-refractivity contribution < 1.29 is 44.3 Å². The fourth-order valence-electron chi connectivity index (χ4n) is 1.29. The standard InChI is InChI=1S/C11H20O3.Na/c1-2-3-4-5-6-7-10(12)8-9-11(13)14;/h2-9H2,1H3,(H,13,14);/q;+1/p-1. The molecule has 0 aliphatic carbocycles. The minimum Gasteiger partial charge on any atom is -0.550 e. The van der Waals surface area contributed by atoms with E-state index in [1.165, 1.54) is 19.3 Å². The Balaban J connectivity index is 0. The zero-order chi connectivity index (χ0) is 10.8. The number of carboxylic acids is 1. The zero-order valence-corrected chi connectivity index (χ0v) is 11.9. The van der Waals surface area contributed by atoms with Crippen LogP contribution in [0.3, 0.4) is 0 Å². The molecule has 82 valence electrons. The van der Waals surface area contributed by atoms with Gasteiger partial charge in [0.2, 0.25) is 0 Å². The van der Waals surface area contributed by atoms with E-state index < -0.39 is 5.97 Å². The number of Topliss-reactive ketones (excluding diaryl/α,β-unsaturated/α-hetero) is 1. The maximum absolute atomic E-state index is 11.1. The van der Waals surface area contributed by atoms with Crippen LogP contribution in [0.1, 0.15) is 58.3 Å². The quantitative estimate of drug-likeness (QED) is 0.350. The van der Waals surface area contributed by atoms with E-state index in [1.54, 1.807) is 0 Å². The predicted molar refractivity (Wildman–Crippen MR) is 52.6 cm³/mol. The second-order valence-electron chi connectivity index (χ2n) is 3.57. The number of ketones is 1. The Morgan fingerprint density at radius 3 is 2.07 bits per heavy atom.